The molecule has 3 rings (SSSR count). The first-order valence-corrected chi connectivity index (χ1v) is 11.3. The van der Waals surface area contributed by atoms with Crippen LogP contribution in [0.3, 0.4) is 0 Å². The maximum Gasteiger partial charge on any atom is 0.108 e. The highest BCUT2D eigenvalue weighted by Crippen LogP contribution is 2.28. The molecule has 31 heavy (non-hydrogen) atoms. The summed E-state index contributed by atoms with van der Waals surface area (Å²) in [5.41, 5.74) is 2.95. The Kier molecular flexibility index (Phi) is 9.15. The minimum absolute atomic E-state index is 0.207. The van der Waals surface area contributed by atoms with Gasteiger partial charge in [0.15, 0.2) is 0 Å². The molecule has 0 aromatic heterocycles. The molecule has 0 amide bonds. The molecule has 2 aromatic rings. The standard InChI is InChI=1S/C23H30N4O3S/c1-17(23(14-24)31-26-15-22(29)16-28)18-2-3-20-13-21(5-4-19(20)12-18)25-6-7-27-8-10-30-11-9-27/h2-5,12-13,22,25-26,28-29H,6-11,15-16H2,1H3/b23-17+. The molecule has 7 nitrogen and oxygen atoms in total. The number of nitrogens with one attached hydrogen (secondary N) is 2. The number of fused-ring (bicyclic) bond motifs is 1. The summed E-state index contributed by atoms with van der Waals surface area (Å²) in [6, 6.07) is 14.7. The van der Waals surface area contributed by atoms with Crippen LogP contribution in [0.15, 0.2) is 41.3 Å². The van der Waals surface area contributed by atoms with Crippen molar-refractivity contribution >= 4 is 34.0 Å². The highest BCUT2D eigenvalue weighted by Gasteiger charge is 2.10. The van der Waals surface area contributed by atoms with Crippen molar-refractivity contribution < 1.29 is 14.9 Å². The molecule has 4 N–H and O–H groups in total. The highest BCUT2D eigenvalue weighted by atomic mass is 32.2. The average molecular weight is 443 g/mol. The Morgan fingerprint density at radius 1 is 1.23 bits per heavy atom. The van der Waals surface area contributed by atoms with E-state index < -0.39 is 6.10 Å². The van der Waals surface area contributed by atoms with Crippen molar-refractivity contribution in [2.45, 2.75) is 13.0 Å². The minimum atomic E-state index is -0.843. The second-order valence-corrected chi connectivity index (χ2v) is 8.41. The van der Waals surface area contributed by atoms with Crippen LogP contribution in [0.1, 0.15) is 12.5 Å². The predicted octanol–water partition coefficient (Wildman–Crippen LogP) is 2.43. The molecule has 1 heterocycles. The third kappa shape index (κ3) is 6.94. The maximum atomic E-state index is 9.51. The smallest absolute Gasteiger partial charge is 0.108 e. The first kappa shape index (κ1) is 23.5. The van der Waals surface area contributed by atoms with E-state index in [-0.39, 0.29) is 13.2 Å². The number of nitrogens with zero attached hydrogens (tertiary/aromatic N) is 2. The number of ether oxygens (including phenoxy) is 1. The summed E-state index contributed by atoms with van der Waals surface area (Å²) in [5, 5.41) is 33.6. The van der Waals surface area contributed by atoms with Gasteiger partial charge >= 0.3 is 0 Å². The van der Waals surface area contributed by atoms with Gasteiger partial charge < -0.3 is 20.3 Å². The lowest BCUT2D eigenvalue weighted by atomic mass is 10.0. The Hall–Kier alpha value is -2.12. The lowest BCUT2D eigenvalue weighted by Gasteiger charge is -2.26. The van der Waals surface area contributed by atoms with Gasteiger partial charge in [0.05, 0.1) is 25.9 Å². The van der Waals surface area contributed by atoms with Gasteiger partial charge in [-0.2, -0.15) is 5.26 Å². The molecule has 0 radical (unpaired) electrons. The number of anilines is 1. The molecule has 0 saturated carbocycles. The quantitative estimate of drug-likeness (QED) is 0.329. The van der Waals surface area contributed by atoms with Crippen molar-refractivity contribution in [3.63, 3.8) is 0 Å². The number of rotatable bonds is 10. The largest absolute Gasteiger partial charge is 0.394 e. The predicted molar refractivity (Wildman–Crippen MR) is 127 cm³/mol. The van der Waals surface area contributed by atoms with E-state index in [1.54, 1.807) is 0 Å². The topological polar surface area (TPSA) is 101 Å². The van der Waals surface area contributed by atoms with Crippen molar-refractivity contribution in [3.8, 4) is 6.07 Å². The normalized spacial score (nSPS) is 16.6. The first-order valence-electron chi connectivity index (χ1n) is 10.5. The number of aliphatic hydroxyl groups is 2. The van der Waals surface area contributed by atoms with Gasteiger partial charge in [-0.15, -0.1) is 0 Å². The fourth-order valence-corrected chi connectivity index (χ4v) is 4.10. The van der Waals surface area contributed by atoms with Gasteiger partial charge in [-0.25, -0.2) is 0 Å². The SMILES string of the molecule is C/C(=C(/C#N)SNCC(O)CO)c1ccc2cc(NCCN3CCOCC3)ccc2c1. The number of hydrogen-bond acceptors (Lipinski definition) is 8. The summed E-state index contributed by atoms with van der Waals surface area (Å²) < 4.78 is 8.32. The van der Waals surface area contributed by atoms with Crippen molar-refractivity contribution in [1.82, 2.24) is 9.62 Å². The molecule has 8 heteroatoms. The summed E-state index contributed by atoms with van der Waals surface area (Å²) in [5.74, 6) is 0. The summed E-state index contributed by atoms with van der Waals surface area (Å²) in [7, 11) is 0. The summed E-state index contributed by atoms with van der Waals surface area (Å²) in [4.78, 5) is 2.94. The lowest BCUT2D eigenvalue weighted by Crippen LogP contribution is -2.38. The molecule has 1 unspecified atom stereocenters. The Balaban J connectivity index is 1.63. The fraction of sp³-hybridized carbons (Fsp3) is 0.435. The number of aliphatic hydroxyl groups excluding tert-OH is 2. The lowest BCUT2D eigenvalue weighted by molar-refractivity contribution is 0.0398. The Morgan fingerprint density at radius 3 is 2.71 bits per heavy atom. The van der Waals surface area contributed by atoms with Crippen LogP contribution in [-0.4, -0.2) is 73.8 Å². The second kappa shape index (κ2) is 12.1. The number of nitriles is 1. The summed E-state index contributed by atoms with van der Waals surface area (Å²) >= 11 is 1.17. The zero-order valence-corrected chi connectivity index (χ0v) is 18.6. The van der Waals surface area contributed by atoms with E-state index >= 15 is 0 Å². The monoisotopic (exact) mass is 442 g/mol. The van der Waals surface area contributed by atoms with E-state index in [1.807, 2.05) is 13.0 Å². The number of allylic oxidation sites excluding steroid dienone is 2. The zero-order chi connectivity index (χ0) is 22.1. The molecule has 166 valence electrons. The molecule has 0 spiro atoms. The van der Waals surface area contributed by atoms with E-state index in [1.165, 1.54) is 11.9 Å². The zero-order valence-electron chi connectivity index (χ0n) is 17.8. The number of hydrogen-bond donors (Lipinski definition) is 4. The van der Waals surface area contributed by atoms with Gasteiger partial charge in [0.1, 0.15) is 11.0 Å². The van der Waals surface area contributed by atoms with Crippen LogP contribution in [0.25, 0.3) is 16.3 Å². The van der Waals surface area contributed by atoms with Gasteiger partial charge in [-0.05, 0) is 59.0 Å². The molecule has 0 aliphatic carbocycles. The molecule has 1 aliphatic heterocycles. The van der Waals surface area contributed by atoms with Crippen molar-refractivity contribution in [1.29, 1.82) is 5.26 Å². The van der Waals surface area contributed by atoms with Gasteiger partial charge in [-0.3, -0.25) is 9.62 Å². The van der Waals surface area contributed by atoms with Crippen LogP contribution in [0.5, 0.6) is 0 Å². The van der Waals surface area contributed by atoms with E-state index in [0.29, 0.717) is 4.91 Å². The van der Waals surface area contributed by atoms with E-state index in [4.69, 9.17) is 9.84 Å². The second-order valence-electron chi connectivity index (χ2n) is 7.51. The Bertz CT molecular complexity index is 938. The van der Waals surface area contributed by atoms with Gasteiger partial charge in [-0.1, -0.05) is 18.2 Å². The minimum Gasteiger partial charge on any atom is -0.394 e. The molecular formula is C23H30N4O3S. The molecule has 1 saturated heterocycles. The fourth-order valence-electron chi connectivity index (χ4n) is 3.36. The van der Waals surface area contributed by atoms with E-state index in [2.05, 4.69) is 51.3 Å². The maximum absolute atomic E-state index is 9.51. The first-order chi connectivity index (χ1) is 15.1. The van der Waals surface area contributed by atoms with Gasteiger partial charge in [0.25, 0.3) is 0 Å². The Morgan fingerprint density at radius 2 is 1.97 bits per heavy atom. The third-order valence-electron chi connectivity index (χ3n) is 5.28. The Labute approximate surface area is 187 Å². The number of morpholine rings is 1. The third-order valence-corrected chi connectivity index (χ3v) is 6.19. The van der Waals surface area contributed by atoms with Gasteiger partial charge in [0, 0.05) is 38.4 Å². The summed E-state index contributed by atoms with van der Waals surface area (Å²) in [6.45, 7) is 7.33. The molecule has 0 bridgehead atoms. The van der Waals surface area contributed by atoms with Crippen molar-refractivity contribution in [2.75, 3.05) is 57.9 Å². The van der Waals surface area contributed by atoms with Crippen LogP contribution < -0.4 is 10.0 Å². The van der Waals surface area contributed by atoms with Crippen LogP contribution in [-0.2, 0) is 4.74 Å². The van der Waals surface area contributed by atoms with Crippen LogP contribution in [0.2, 0.25) is 0 Å². The van der Waals surface area contributed by atoms with Crippen molar-refractivity contribution in [2.24, 2.45) is 0 Å². The van der Waals surface area contributed by atoms with E-state index in [0.717, 1.165) is 67.0 Å². The summed E-state index contributed by atoms with van der Waals surface area (Å²) in [6.07, 6.45) is -0.843. The van der Waals surface area contributed by atoms with Crippen LogP contribution in [0.4, 0.5) is 5.69 Å². The highest BCUT2D eigenvalue weighted by molar-refractivity contribution is 8.01. The number of benzene rings is 2. The van der Waals surface area contributed by atoms with Gasteiger partial charge in [0.2, 0.25) is 0 Å². The molecule has 1 aliphatic rings. The molecule has 1 atom stereocenters. The van der Waals surface area contributed by atoms with E-state index in [9.17, 15) is 10.4 Å². The van der Waals surface area contributed by atoms with Crippen LogP contribution >= 0.6 is 11.9 Å². The average Bonchev–Trinajstić information content (AvgIpc) is 2.81. The van der Waals surface area contributed by atoms with Crippen LogP contribution in [0, 0.1) is 11.3 Å². The van der Waals surface area contributed by atoms with Crippen molar-refractivity contribution in [3.05, 3.63) is 46.9 Å². The molecule has 2 aromatic carbocycles. The molecular weight excluding hydrogens is 412 g/mol. The molecule has 1 fully saturated rings.